The molecule has 0 unspecified atom stereocenters. The molecule has 2 aromatic carbocycles. The number of hydrogen-bond donors (Lipinski definition) is 1. The predicted molar refractivity (Wildman–Crippen MR) is 97.0 cm³/mol. The Labute approximate surface area is 148 Å². The number of aryl methyl sites for hydroxylation is 2. The number of carbonyl (C=O) groups excluding carboxylic acids is 1. The van der Waals surface area contributed by atoms with Crippen LogP contribution in [0.2, 0.25) is 0 Å². The zero-order chi connectivity index (χ0) is 17.6. The number of fused-ring (bicyclic) bond motifs is 3. The number of benzene rings is 2. The molecule has 0 amide bonds. The highest BCUT2D eigenvalue weighted by atomic mass is 16.5. The number of aliphatic hydroxyl groups excluding tert-OH is 1. The highest BCUT2D eigenvalue weighted by Crippen LogP contribution is 2.44. The van der Waals surface area contributed by atoms with E-state index in [9.17, 15) is 9.90 Å². The number of rotatable bonds is 3. The third kappa shape index (κ3) is 2.81. The lowest BCUT2D eigenvalue weighted by molar-refractivity contribution is 0.0294. The van der Waals surface area contributed by atoms with Crippen molar-refractivity contribution in [2.24, 2.45) is 0 Å². The van der Waals surface area contributed by atoms with Crippen molar-refractivity contribution in [2.75, 3.05) is 19.0 Å². The maximum Gasteiger partial charge on any atom is 0.338 e. The van der Waals surface area contributed by atoms with Crippen LogP contribution in [0.15, 0.2) is 36.4 Å². The maximum atomic E-state index is 12.6. The lowest BCUT2D eigenvalue weighted by Gasteiger charge is -2.19. The second-order valence-electron chi connectivity index (χ2n) is 7.14. The van der Waals surface area contributed by atoms with Crippen LogP contribution in [0.4, 0.5) is 5.69 Å². The second kappa shape index (κ2) is 6.19. The summed E-state index contributed by atoms with van der Waals surface area (Å²) in [6.07, 6.45) is 2.67. The van der Waals surface area contributed by atoms with Crippen LogP contribution in [-0.4, -0.2) is 25.2 Å². The van der Waals surface area contributed by atoms with Crippen LogP contribution in [0.3, 0.4) is 0 Å². The van der Waals surface area contributed by atoms with Crippen LogP contribution in [0.1, 0.15) is 57.7 Å². The summed E-state index contributed by atoms with van der Waals surface area (Å²) >= 11 is 0. The molecule has 0 bridgehead atoms. The SMILES string of the molecule is CN(C)c1ccc(C(=O)O[C@H]2CCc3ccc4c(c32)[C@@H](O)CC4)cc1. The summed E-state index contributed by atoms with van der Waals surface area (Å²) in [7, 11) is 3.93. The van der Waals surface area contributed by atoms with Crippen molar-refractivity contribution in [1.29, 1.82) is 0 Å². The van der Waals surface area contributed by atoms with Crippen molar-refractivity contribution in [1.82, 2.24) is 0 Å². The van der Waals surface area contributed by atoms with Gasteiger partial charge >= 0.3 is 5.97 Å². The molecule has 130 valence electrons. The minimum Gasteiger partial charge on any atom is -0.454 e. The number of aliphatic hydroxyl groups is 1. The van der Waals surface area contributed by atoms with Gasteiger partial charge in [-0.05, 0) is 66.6 Å². The smallest absolute Gasteiger partial charge is 0.338 e. The normalized spacial score (nSPS) is 20.9. The van der Waals surface area contributed by atoms with E-state index < -0.39 is 6.10 Å². The van der Waals surface area contributed by atoms with Crippen molar-refractivity contribution < 1.29 is 14.6 Å². The van der Waals surface area contributed by atoms with Crippen LogP contribution >= 0.6 is 0 Å². The molecule has 0 saturated carbocycles. The topological polar surface area (TPSA) is 49.8 Å². The first-order valence-corrected chi connectivity index (χ1v) is 8.85. The monoisotopic (exact) mass is 337 g/mol. The molecule has 4 rings (SSSR count). The number of anilines is 1. The van der Waals surface area contributed by atoms with Gasteiger partial charge in [-0.25, -0.2) is 4.79 Å². The highest BCUT2D eigenvalue weighted by molar-refractivity contribution is 5.90. The van der Waals surface area contributed by atoms with Gasteiger partial charge in [0.1, 0.15) is 6.10 Å². The van der Waals surface area contributed by atoms with E-state index in [-0.39, 0.29) is 12.1 Å². The molecule has 25 heavy (non-hydrogen) atoms. The van der Waals surface area contributed by atoms with E-state index in [0.29, 0.717) is 5.56 Å². The number of nitrogens with zero attached hydrogens (tertiary/aromatic N) is 1. The molecule has 0 heterocycles. The van der Waals surface area contributed by atoms with Crippen LogP contribution in [0, 0.1) is 0 Å². The van der Waals surface area contributed by atoms with E-state index in [1.165, 1.54) is 11.1 Å². The van der Waals surface area contributed by atoms with Gasteiger partial charge in [-0.3, -0.25) is 0 Å². The van der Waals surface area contributed by atoms with E-state index in [4.69, 9.17) is 4.74 Å². The van der Waals surface area contributed by atoms with Crippen molar-refractivity contribution in [2.45, 2.75) is 37.9 Å². The first-order chi connectivity index (χ1) is 12.0. The molecule has 0 fully saturated rings. The van der Waals surface area contributed by atoms with Gasteiger partial charge in [0.2, 0.25) is 0 Å². The van der Waals surface area contributed by atoms with Crippen molar-refractivity contribution >= 4 is 11.7 Å². The molecule has 4 nitrogen and oxygen atoms in total. The Morgan fingerprint density at radius 1 is 1.00 bits per heavy atom. The number of hydrogen-bond acceptors (Lipinski definition) is 4. The molecular formula is C21H23NO3. The third-order valence-corrected chi connectivity index (χ3v) is 5.35. The van der Waals surface area contributed by atoms with Gasteiger partial charge in [0.05, 0.1) is 11.7 Å². The average molecular weight is 337 g/mol. The minimum absolute atomic E-state index is 0.251. The fourth-order valence-corrected chi connectivity index (χ4v) is 4.01. The van der Waals surface area contributed by atoms with Gasteiger partial charge in [0, 0.05) is 25.3 Å². The first-order valence-electron chi connectivity index (χ1n) is 8.85. The van der Waals surface area contributed by atoms with Gasteiger partial charge in [-0.2, -0.15) is 0 Å². The fourth-order valence-electron chi connectivity index (χ4n) is 4.01. The van der Waals surface area contributed by atoms with Crippen molar-refractivity contribution in [3.8, 4) is 0 Å². The van der Waals surface area contributed by atoms with Crippen LogP contribution in [0.5, 0.6) is 0 Å². The second-order valence-corrected chi connectivity index (χ2v) is 7.14. The molecule has 0 radical (unpaired) electrons. The van der Waals surface area contributed by atoms with Crippen molar-refractivity contribution in [3.05, 3.63) is 64.2 Å². The Balaban J connectivity index is 1.58. The molecule has 2 aliphatic carbocycles. The number of carbonyl (C=O) groups is 1. The Kier molecular flexibility index (Phi) is 4.00. The molecule has 2 aromatic rings. The van der Waals surface area contributed by atoms with Gasteiger partial charge in [0.15, 0.2) is 0 Å². The van der Waals surface area contributed by atoms with Crippen molar-refractivity contribution in [3.63, 3.8) is 0 Å². The largest absolute Gasteiger partial charge is 0.454 e. The molecule has 0 aromatic heterocycles. The Hall–Kier alpha value is -2.33. The quantitative estimate of drug-likeness (QED) is 0.870. The Bertz CT molecular complexity index is 811. The lowest BCUT2D eigenvalue weighted by atomic mass is 9.97. The van der Waals surface area contributed by atoms with E-state index in [1.54, 1.807) is 12.1 Å². The summed E-state index contributed by atoms with van der Waals surface area (Å²) in [6.45, 7) is 0. The molecule has 0 saturated heterocycles. The number of ether oxygens (including phenoxy) is 1. The number of esters is 1. The van der Waals surface area contributed by atoms with Gasteiger partial charge in [0.25, 0.3) is 0 Å². The molecule has 0 spiro atoms. The van der Waals surface area contributed by atoms with Gasteiger partial charge in [-0.15, -0.1) is 0 Å². The molecule has 4 heteroatoms. The Morgan fingerprint density at radius 2 is 1.64 bits per heavy atom. The van der Waals surface area contributed by atoms with E-state index in [1.807, 2.05) is 31.1 Å². The van der Waals surface area contributed by atoms with E-state index in [0.717, 1.165) is 42.5 Å². The zero-order valence-corrected chi connectivity index (χ0v) is 14.7. The Morgan fingerprint density at radius 3 is 2.32 bits per heavy atom. The summed E-state index contributed by atoms with van der Waals surface area (Å²) < 4.78 is 5.83. The molecule has 0 aliphatic heterocycles. The van der Waals surface area contributed by atoms with E-state index in [2.05, 4.69) is 12.1 Å². The summed E-state index contributed by atoms with van der Waals surface area (Å²) in [5.41, 5.74) is 6.08. The highest BCUT2D eigenvalue weighted by Gasteiger charge is 2.34. The molecule has 1 N–H and O–H groups in total. The summed E-state index contributed by atoms with van der Waals surface area (Å²) in [5.74, 6) is -0.298. The third-order valence-electron chi connectivity index (χ3n) is 5.35. The fraction of sp³-hybridized carbons (Fsp3) is 0.381. The van der Waals surface area contributed by atoms with Crippen LogP contribution in [-0.2, 0) is 17.6 Å². The molecular weight excluding hydrogens is 314 g/mol. The average Bonchev–Trinajstić information content (AvgIpc) is 3.18. The van der Waals surface area contributed by atoms with Crippen LogP contribution in [0.25, 0.3) is 0 Å². The summed E-state index contributed by atoms with van der Waals surface area (Å²) in [4.78, 5) is 14.6. The molecule has 2 atom stereocenters. The minimum atomic E-state index is -0.427. The van der Waals surface area contributed by atoms with Crippen LogP contribution < -0.4 is 4.90 Å². The predicted octanol–water partition coefficient (Wildman–Crippen LogP) is 3.58. The summed E-state index contributed by atoms with van der Waals surface area (Å²) in [5, 5.41) is 10.4. The molecule has 2 aliphatic rings. The standard InChI is InChI=1S/C21H23NO3/c1-22(2)16-9-5-15(6-10-16)21(24)25-18-12-8-14-4-3-13-7-11-17(23)19(13)20(14)18/h3-6,9-10,17-18,23H,7-8,11-12H2,1-2H3/t17-,18-/m0/s1. The van der Waals surface area contributed by atoms with E-state index >= 15 is 0 Å². The van der Waals surface area contributed by atoms with Gasteiger partial charge < -0.3 is 14.7 Å². The summed E-state index contributed by atoms with van der Waals surface area (Å²) in [6, 6.07) is 11.7. The maximum absolute atomic E-state index is 12.6. The first kappa shape index (κ1) is 16.2. The lowest BCUT2D eigenvalue weighted by Crippen LogP contribution is -2.13. The zero-order valence-electron chi connectivity index (χ0n) is 14.7. The van der Waals surface area contributed by atoms with Gasteiger partial charge in [-0.1, -0.05) is 12.1 Å².